The van der Waals surface area contributed by atoms with Crippen molar-refractivity contribution in [2.75, 3.05) is 26.2 Å². The second-order valence-corrected chi connectivity index (χ2v) is 5.26. The van der Waals surface area contributed by atoms with Crippen LogP contribution >= 0.6 is 0 Å². The first-order valence-electron chi connectivity index (χ1n) is 7.07. The maximum Gasteiger partial charge on any atom is 0.0958 e. The summed E-state index contributed by atoms with van der Waals surface area (Å²) < 4.78 is 7.92. The largest absolute Gasteiger partial charge is 0.377 e. The molecule has 2 aromatic rings. The highest BCUT2D eigenvalue weighted by molar-refractivity contribution is 5.74. The molecule has 0 saturated carbocycles. The van der Waals surface area contributed by atoms with Crippen LogP contribution in [0.3, 0.4) is 0 Å². The molecule has 0 amide bonds. The second kappa shape index (κ2) is 5.72. The third-order valence-electron chi connectivity index (χ3n) is 3.72. The number of ether oxygens (including phenoxy) is 1. The normalized spacial score (nSPS) is 21.6. The summed E-state index contributed by atoms with van der Waals surface area (Å²) in [5, 5.41) is 0. The fourth-order valence-corrected chi connectivity index (χ4v) is 2.72. The summed E-state index contributed by atoms with van der Waals surface area (Å²) in [5.41, 5.74) is 2.30. The maximum absolute atomic E-state index is 5.68. The second-order valence-electron chi connectivity index (χ2n) is 5.26. The Labute approximate surface area is 114 Å². The molecule has 4 heteroatoms. The van der Waals surface area contributed by atoms with Crippen LogP contribution in [0.2, 0.25) is 0 Å². The molecule has 1 aliphatic rings. The third-order valence-corrected chi connectivity index (χ3v) is 3.72. The number of para-hydroxylation sites is 2. The predicted octanol–water partition coefficient (Wildman–Crippen LogP) is 2.15. The van der Waals surface area contributed by atoms with E-state index < -0.39 is 0 Å². The highest BCUT2D eigenvalue weighted by Gasteiger charge is 2.14. The van der Waals surface area contributed by atoms with Crippen LogP contribution in [0.4, 0.5) is 0 Å². The molecule has 0 spiro atoms. The van der Waals surface area contributed by atoms with Gasteiger partial charge in [-0.05, 0) is 25.5 Å². The molecule has 4 nitrogen and oxygen atoms in total. The predicted molar refractivity (Wildman–Crippen MR) is 76.2 cm³/mol. The third kappa shape index (κ3) is 2.96. The lowest BCUT2D eigenvalue weighted by atomic mass is 10.3. The van der Waals surface area contributed by atoms with Crippen LogP contribution in [0.5, 0.6) is 0 Å². The zero-order valence-electron chi connectivity index (χ0n) is 11.5. The number of rotatable bonds is 3. The van der Waals surface area contributed by atoms with Gasteiger partial charge in [-0.25, -0.2) is 4.98 Å². The minimum absolute atomic E-state index is 0.349. The van der Waals surface area contributed by atoms with Crippen molar-refractivity contribution in [2.45, 2.75) is 26.0 Å². The van der Waals surface area contributed by atoms with Gasteiger partial charge >= 0.3 is 0 Å². The van der Waals surface area contributed by atoms with E-state index in [-0.39, 0.29) is 0 Å². The lowest BCUT2D eigenvalue weighted by Crippen LogP contribution is -2.32. The molecular formula is C15H21N3O. The Morgan fingerprint density at radius 1 is 1.32 bits per heavy atom. The Morgan fingerprint density at radius 3 is 3.16 bits per heavy atom. The standard InChI is InChI=1S/C15H21N3O/c1-13-11-17(7-4-10-19-13)8-9-18-12-16-14-5-2-3-6-15(14)18/h2-3,5-6,12-13H,4,7-11H2,1H3/t13-/m0/s1. The van der Waals surface area contributed by atoms with E-state index in [0.717, 1.165) is 44.7 Å². The molecule has 0 bridgehead atoms. The van der Waals surface area contributed by atoms with Crippen molar-refractivity contribution < 1.29 is 4.74 Å². The minimum Gasteiger partial charge on any atom is -0.377 e. The summed E-state index contributed by atoms with van der Waals surface area (Å²) in [6.07, 6.45) is 3.43. The van der Waals surface area contributed by atoms with Crippen LogP contribution in [0.25, 0.3) is 11.0 Å². The van der Waals surface area contributed by atoms with E-state index in [1.165, 1.54) is 5.52 Å². The first kappa shape index (κ1) is 12.6. The van der Waals surface area contributed by atoms with Crippen LogP contribution < -0.4 is 0 Å². The summed E-state index contributed by atoms with van der Waals surface area (Å²) in [6.45, 7) is 7.28. The average molecular weight is 259 g/mol. The first-order chi connectivity index (χ1) is 9.33. The molecule has 0 radical (unpaired) electrons. The van der Waals surface area contributed by atoms with Gasteiger partial charge in [0.15, 0.2) is 0 Å². The highest BCUT2D eigenvalue weighted by Crippen LogP contribution is 2.12. The fraction of sp³-hybridized carbons (Fsp3) is 0.533. The van der Waals surface area contributed by atoms with Gasteiger partial charge in [-0.2, -0.15) is 0 Å². The number of benzene rings is 1. The van der Waals surface area contributed by atoms with Crippen LogP contribution in [-0.2, 0) is 11.3 Å². The van der Waals surface area contributed by atoms with Crippen molar-refractivity contribution in [1.82, 2.24) is 14.5 Å². The quantitative estimate of drug-likeness (QED) is 0.846. The van der Waals surface area contributed by atoms with Crippen LogP contribution in [-0.4, -0.2) is 46.8 Å². The van der Waals surface area contributed by atoms with Gasteiger partial charge in [0.25, 0.3) is 0 Å². The molecule has 0 unspecified atom stereocenters. The van der Waals surface area contributed by atoms with Crippen molar-refractivity contribution in [3.63, 3.8) is 0 Å². The molecule has 1 atom stereocenters. The van der Waals surface area contributed by atoms with Crippen LogP contribution in [0.1, 0.15) is 13.3 Å². The molecule has 102 valence electrons. The van der Waals surface area contributed by atoms with Crippen molar-refractivity contribution in [1.29, 1.82) is 0 Å². The highest BCUT2D eigenvalue weighted by atomic mass is 16.5. The summed E-state index contributed by atoms with van der Waals surface area (Å²) in [6, 6.07) is 8.31. The molecule has 1 fully saturated rings. The number of imidazole rings is 1. The summed E-state index contributed by atoms with van der Waals surface area (Å²) >= 11 is 0. The van der Waals surface area contributed by atoms with Gasteiger partial charge in [0.1, 0.15) is 0 Å². The van der Waals surface area contributed by atoms with Crippen molar-refractivity contribution in [3.8, 4) is 0 Å². The van der Waals surface area contributed by atoms with E-state index >= 15 is 0 Å². The fourth-order valence-electron chi connectivity index (χ4n) is 2.72. The zero-order valence-corrected chi connectivity index (χ0v) is 11.5. The van der Waals surface area contributed by atoms with Gasteiger partial charge in [0.2, 0.25) is 0 Å². The van der Waals surface area contributed by atoms with Gasteiger partial charge in [-0.1, -0.05) is 12.1 Å². The summed E-state index contributed by atoms with van der Waals surface area (Å²) in [5.74, 6) is 0. The molecule has 3 rings (SSSR count). The number of hydrogen-bond donors (Lipinski definition) is 0. The number of aromatic nitrogens is 2. The van der Waals surface area contributed by atoms with E-state index in [0.29, 0.717) is 6.10 Å². The van der Waals surface area contributed by atoms with Crippen LogP contribution in [0.15, 0.2) is 30.6 Å². The topological polar surface area (TPSA) is 30.3 Å². The molecule has 1 aromatic carbocycles. The van der Waals surface area contributed by atoms with Gasteiger partial charge < -0.3 is 9.30 Å². The Hall–Kier alpha value is -1.39. The number of nitrogens with zero attached hydrogens (tertiary/aromatic N) is 3. The molecule has 1 aromatic heterocycles. The van der Waals surface area contributed by atoms with Crippen LogP contribution in [0, 0.1) is 0 Å². The Bertz CT molecular complexity index is 537. The lowest BCUT2D eigenvalue weighted by molar-refractivity contribution is 0.0673. The Kier molecular flexibility index (Phi) is 3.80. The van der Waals surface area contributed by atoms with E-state index in [4.69, 9.17) is 4.74 Å². The molecule has 19 heavy (non-hydrogen) atoms. The van der Waals surface area contributed by atoms with E-state index in [1.54, 1.807) is 0 Å². The molecule has 0 N–H and O–H groups in total. The molecule has 2 heterocycles. The monoisotopic (exact) mass is 259 g/mol. The van der Waals surface area contributed by atoms with E-state index in [2.05, 4.69) is 39.6 Å². The average Bonchev–Trinajstić information content (AvgIpc) is 2.72. The van der Waals surface area contributed by atoms with Gasteiger partial charge in [0.05, 0.1) is 23.5 Å². The first-order valence-corrected chi connectivity index (χ1v) is 7.07. The molecule has 0 aliphatic carbocycles. The van der Waals surface area contributed by atoms with Gasteiger partial charge in [-0.15, -0.1) is 0 Å². The van der Waals surface area contributed by atoms with Gasteiger partial charge in [-0.3, -0.25) is 4.90 Å². The minimum atomic E-state index is 0.349. The van der Waals surface area contributed by atoms with Crippen molar-refractivity contribution >= 4 is 11.0 Å². The summed E-state index contributed by atoms with van der Waals surface area (Å²) in [7, 11) is 0. The SMILES string of the molecule is C[C@H]1CN(CCn2cnc3ccccc32)CCCO1. The van der Waals surface area contributed by atoms with Crippen molar-refractivity contribution in [2.24, 2.45) is 0 Å². The van der Waals surface area contributed by atoms with Crippen molar-refractivity contribution in [3.05, 3.63) is 30.6 Å². The Morgan fingerprint density at radius 2 is 2.21 bits per heavy atom. The smallest absolute Gasteiger partial charge is 0.0958 e. The maximum atomic E-state index is 5.68. The summed E-state index contributed by atoms with van der Waals surface area (Å²) in [4.78, 5) is 6.93. The Balaban J connectivity index is 1.65. The van der Waals surface area contributed by atoms with Gasteiger partial charge in [0, 0.05) is 32.8 Å². The molecular weight excluding hydrogens is 238 g/mol. The van der Waals surface area contributed by atoms with E-state index in [1.807, 2.05) is 12.4 Å². The number of fused-ring (bicyclic) bond motifs is 1. The molecule has 1 saturated heterocycles. The zero-order chi connectivity index (χ0) is 13.1. The molecule has 1 aliphatic heterocycles. The van der Waals surface area contributed by atoms with E-state index in [9.17, 15) is 0 Å². The lowest BCUT2D eigenvalue weighted by Gasteiger charge is -2.21. The number of hydrogen-bond acceptors (Lipinski definition) is 3.